The van der Waals surface area contributed by atoms with Gasteiger partial charge in [0.15, 0.2) is 11.8 Å². The first-order valence-corrected chi connectivity index (χ1v) is 9.73. The highest BCUT2D eigenvalue weighted by Gasteiger charge is 2.21. The first-order chi connectivity index (χ1) is 13.9. The van der Waals surface area contributed by atoms with Crippen LogP contribution in [0.4, 0.5) is 5.69 Å². The maximum absolute atomic E-state index is 12.3. The predicted molar refractivity (Wildman–Crippen MR) is 107 cm³/mol. The van der Waals surface area contributed by atoms with Crippen LogP contribution in [0, 0.1) is 10.1 Å². The van der Waals surface area contributed by atoms with E-state index in [1.54, 1.807) is 35.9 Å². The summed E-state index contributed by atoms with van der Waals surface area (Å²) in [5.74, 6) is -1.22. The second-order valence-electron chi connectivity index (χ2n) is 5.75. The van der Waals surface area contributed by atoms with E-state index in [0.717, 1.165) is 17.8 Å². The molecule has 9 nitrogen and oxygen atoms in total. The molecule has 3 aromatic rings. The fraction of sp³-hybridized carbons (Fsp3) is 0.111. The van der Waals surface area contributed by atoms with E-state index < -0.39 is 23.3 Å². The van der Waals surface area contributed by atoms with Gasteiger partial charge < -0.3 is 9.30 Å². The summed E-state index contributed by atoms with van der Waals surface area (Å²) < 4.78 is 7.23. The number of esters is 1. The quantitative estimate of drug-likeness (QED) is 0.219. The standard InChI is InChI=1S/C18H13BrN4O5S/c1-22-10-20-21-18(22)29-16-7-6-11(8-14(16)23(26)27)17(25)28-9-15(24)12-4-2-3-5-13(12)19/h2-8,10H,9H2,1H3. The smallest absolute Gasteiger partial charge is 0.338 e. The third kappa shape index (κ3) is 4.87. The Morgan fingerprint density at radius 2 is 2.03 bits per heavy atom. The number of carbonyl (C=O) groups is 2. The second kappa shape index (κ2) is 8.97. The number of ketones is 1. The number of nitro groups is 1. The highest BCUT2D eigenvalue weighted by molar-refractivity contribution is 9.10. The summed E-state index contributed by atoms with van der Waals surface area (Å²) in [6.07, 6.45) is 1.47. The van der Waals surface area contributed by atoms with Crippen molar-refractivity contribution in [3.8, 4) is 0 Å². The Balaban J connectivity index is 1.74. The normalized spacial score (nSPS) is 10.6. The highest BCUT2D eigenvalue weighted by Crippen LogP contribution is 2.34. The van der Waals surface area contributed by atoms with Crippen molar-refractivity contribution in [1.82, 2.24) is 14.8 Å². The van der Waals surface area contributed by atoms with Gasteiger partial charge in [-0.25, -0.2) is 4.79 Å². The number of ether oxygens (including phenoxy) is 1. The minimum Gasteiger partial charge on any atom is -0.454 e. The van der Waals surface area contributed by atoms with Crippen LogP contribution in [0.15, 0.2) is 63.3 Å². The molecule has 0 atom stereocenters. The van der Waals surface area contributed by atoms with Crippen molar-refractivity contribution in [3.05, 3.63) is 74.5 Å². The fourth-order valence-corrected chi connectivity index (χ4v) is 3.67. The topological polar surface area (TPSA) is 117 Å². The molecule has 29 heavy (non-hydrogen) atoms. The van der Waals surface area contributed by atoms with E-state index in [-0.39, 0.29) is 11.3 Å². The van der Waals surface area contributed by atoms with Gasteiger partial charge in [-0.3, -0.25) is 14.9 Å². The Hall–Kier alpha value is -3.05. The number of aryl methyl sites for hydroxylation is 1. The molecule has 1 heterocycles. The van der Waals surface area contributed by atoms with E-state index in [4.69, 9.17) is 4.74 Å². The molecule has 0 N–H and O–H groups in total. The van der Waals surface area contributed by atoms with E-state index in [9.17, 15) is 19.7 Å². The van der Waals surface area contributed by atoms with Gasteiger partial charge in [0, 0.05) is 23.2 Å². The Morgan fingerprint density at radius 1 is 1.28 bits per heavy atom. The lowest BCUT2D eigenvalue weighted by molar-refractivity contribution is -0.387. The van der Waals surface area contributed by atoms with Crippen LogP contribution in [-0.4, -0.2) is 38.0 Å². The predicted octanol–water partition coefficient (Wildman–Crippen LogP) is 3.68. The van der Waals surface area contributed by atoms with Crippen molar-refractivity contribution in [1.29, 1.82) is 0 Å². The van der Waals surface area contributed by atoms with Crippen LogP contribution in [0.25, 0.3) is 0 Å². The Labute approximate surface area is 177 Å². The van der Waals surface area contributed by atoms with Crippen LogP contribution in [0.2, 0.25) is 0 Å². The summed E-state index contributed by atoms with van der Waals surface area (Å²) in [5, 5.41) is 19.5. The number of nitrogens with zero attached hydrogens (tertiary/aromatic N) is 4. The molecule has 0 fully saturated rings. The molecule has 11 heteroatoms. The molecular weight excluding hydrogens is 464 g/mol. The SMILES string of the molecule is Cn1cnnc1Sc1ccc(C(=O)OCC(=O)c2ccccc2Br)cc1[N+](=O)[O-]. The zero-order chi connectivity index (χ0) is 21.0. The number of hydrogen-bond donors (Lipinski definition) is 0. The van der Waals surface area contributed by atoms with Crippen LogP contribution in [-0.2, 0) is 11.8 Å². The number of Topliss-reactive ketones (excluding diaryl/α,β-unsaturated/α-hetero) is 1. The van der Waals surface area contributed by atoms with Crippen molar-refractivity contribution >= 4 is 45.1 Å². The lowest BCUT2D eigenvalue weighted by Crippen LogP contribution is -2.15. The summed E-state index contributed by atoms with van der Waals surface area (Å²) in [7, 11) is 1.71. The first kappa shape index (κ1) is 20.7. The molecule has 0 radical (unpaired) electrons. The van der Waals surface area contributed by atoms with E-state index in [2.05, 4.69) is 26.1 Å². The Kier molecular flexibility index (Phi) is 6.39. The summed E-state index contributed by atoms with van der Waals surface area (Å²) in [6, 6.07) is 10.7. The van der Waals surface area contributed by atoms with Gasteiger partial charge in [-0.15, -0.1) is 10.2 Å². The average molecular weight is 477 g/mol. The van der Waals surface area contributed by atoms with Crippen molar-refractivity contribution in [2.24, 2.45) is 7.05 Å². The third-order valence-electron chi connectivity index (χ3n) is 3.77. The molecule has 0 bridgehead atoms. The molecule has 0 aliphatic rings. The molecule has 2 aromatic carbocycles. The van der Waals surface area contributed by atoms with Crippen LogP contribution in [0.3, 0.4) is 0 Å². The summed E-state index contributed by atoms with van der Waals surface area (Å²) in [5.41, 5.74) is 0.0743. The molecule has 0 saturated heterocycles. The molecule has 0 aliphatic heterocycles. The minimum absolute atomic E-state index is 0.0288. The molecule has 0 saturated carbocycles. The zero-order valence-corrected chi connectivity index (χ0v) is 17.3. The number of benzene rings is 2. The van der Waals surface area contributed by atoms with E-state index in [1.807, 2.05) is 0 Å². The van der Waals surface area contributed by atoms with Crippen LogP contribution in [0.1, 0.15) is 20.7 Å². The molecule has 0 spiro atoms. The molecule has 0 amide bonds. The highest BCUT2D eigenvalue weighted by atomic mass is 79.9. The number of aromatic nitrogens is 3. The lowest BCUT2D eigenvalue weighted by Gasteiger charge is -2.07. The van der Waals surface area contributed by atoms with E-state index in [0.29, 0.717) is 20.1 Å². The number of hydrogen-bond acceptors (Lipinski definition) is 8. The van der Waals surface area contributed by atoms with Gasteiger partial charge in [-0.1, -0.05) is 34.1 Å². The number of nitro benzene ring substituents is 1. The fourth-order valence-electron chi connectivity index (χ4n) is 2.32. The van der Waals surface area contributed by atoms with Gasteiger partial charge in [-0.05, 0) is 30.0 Å². The minimum atomic E-state index is -0.830. The van der Waals surface area contributed by atoms with Crippen LogP contribution < -0.4 is 0 Å². The summed E-state index contributed by atoms with van der Waals surface area (Å²) in [6.45, 7) is -0.481. The largest absolute Gasteiger partial charge is 0.454 e. The van der Waals surface area contributed by atoms with E-state index >= 15 is 0 Å². The van der Waals surface area contributed by atoms with Crippen molar-refractivity contribution in [2.45, 2.75) is 10.1 Å². The molecule has 0 unspecified atom stereocenters. The zero-order valence-electron chi connectivity index (χ0n) is 14.9. The lowest BCUT2D eigenvalue weighted by atomic mass is 10.1. The maximum atomic E-state index is 12.3. The van der Waals surface area contributed by atoms with Crippen molar-refractivity contribution in [3.63, 3.8) is 0 Å². The van der Waals surface area contributed by atoms with Gasteiger partial charge in [0.2, 0.25) is 5.78 Å². The van der Waals surface area contributed by atoms with Gasteiger partial charge in [0.25, 0.3) is 5.69 Å². The summed E-state index contributed by atoms with van der Waals surface area (Å²) >= 11 is 4.31. The first-order valence-electron chi connectivity index (χ1n) is 8.12. The number of carbonyl (C=O) groups excluding carboxylic acids is 2. The maximum Gasteiger partial charge on any atom is 0.338 e. The van der Waals surface area contributed by atoms with Gasteiger partial charge in [0.1, 0.15) is 6.33 Å². The molecule has 3 rings (SSSR count). The van der Waals surface area contributed by atoms with Gasteiger partial charge in [0.05, 0.1) is 15.4 Å². The molecule has 1 aromatic heterocycles. The Morgan fingerprint density at radius 3 is 2.69 bits per heavy atom. The average Bonchev–Trinajstić information content (AvgIpc) is 3.10. The number of rotatable bonds is 7. The van der Waals surface area contributed by atoms with Crippen molar-refractivity contribution in [2.75, 3.05) is 6.61 Å². The third-order valence-corrected chi connectivity index (χ3v) is 5.58. The van der Waals surface area contributed by atoms with Crippen LogP contribution in [0.5, 0.6) is 0 Å². The van der Waals surface area contributed by atoms with E-state index in [1.165, 1.54) is 18.5 Å². The molecule has 0 aliphatic carbocycles. The van der Waals surface area contributed by atoms with Crippen molar-refractivity contribution < 1.29 is 19.2 Å². The summed E-state index contributed by atoms with van der Waals surface area (Å²) in [4.78, 5) is 35.6. The van der Waals surface area contributed by atoms with Crippen LogP contribution >= 0.6 is 27.7 Å². The second-order valence-corrected chi connectivity index (χ2v) is 7.61. The molecule has 148 valence electrons. The monoisotopic (exact) mass is 476 g/mol. The number of halogens is 1. The van der Waals surface area contributed by atoms with Gasteiger partial charge in [-0.2, -0.15) is 0 Å². The Bertz CT molecular complexity index is 1100. The van der Waals surface area contributed by atoms with Gasteiger partial charge >= 0.3 is 5.97 Å². The molecular formula is C18H13BrN4O5S.